The predicted molar refractivity (Wildman–Crippen MR) is 96.3 cm³/mol. The Bertz CT molecular complexity index is 1220. The van der Waals surface area contributed by atoms with E-state index in [1.54, 1.807) is 6.92 Å². The third kappa shape index (κ3) is 2.93. The number of carboxylic acid groups (broad SMARTS) is 1. The summed E-state index contributed by atoms with van der Waals surface area (Å²) < 4.78 is 16.7. The Balaban J connectivity index is 1.80. The van der Waals surface area contributed by atoms with Crippen LogP contribution in [0.3, 0.4) is 0 Å². The van der Waals surface area contributed by atoms with Crippen LogP contribution in [-0.4, -0.2) is 45.7 Å². The summed E-state index contributed by atoms with van der Waals surface area (Å²) in [6.07, 6.45) is 3.75. The van der Waals surface area contributed by atoms with Gasteiger partial charge >= 0.3 is 5.97 Å². The molecule has 0 fully saturated rings. The molecule has 9 nitrogen and oxygen atoms in total. The Kier molecular flexibility index (Phi) is 4.19. The van der Waals surface area contributed by atoms with Gasteiger partial charge in [0.15, 0.2) is 0 Å². The Hall–Kier alpha value is -3.53. The lowest BCUT2D eigenvalue weighted by Gasteiger charge is -2.15. The molecule has 0 saturated carbocycles. The van der Waals surface area contributed by atoms with Crippen molar-refractivity contribution in [1.29, 1.82) is 0 Å². The fourth-order valence-electron chi connectivity index (χ4n) is 2.84. The molecule has 0 aliphatic carbocycles. The number of carboxylic acids is 1. The first-order valence-electron chi connectivity index (χ1n) is 8.02. The third-order valence-electron chi connectivity index (χ3n) is 4.22. The Labute approximate surface area is 161 Å². The molecule has 0 saturated heterocycles. The molecule has 3 heterocycles. The van der Waals surface area contributed by atoms with Crippen molar-refractivity contribution in [2.45, 2.75) is 13.0 Å². The lowest BCUT2D eigenvalue weighted by Crippen LogP contribution is -2.11. The first-order chi connectivity index (χ1) is 13.3. The fraction of sp³-hybridized carbons (Fsp3) is 0.118. The molecule has 0 aliphatic heterocycles. The second-order valence-electron chi connectivity index (χ2n) is 5.99. The molecule has 0 aliphatic rings. The van der Waals surface area contributed by atoms with E-state index in [-0.39, 0.29) is 22.5 Å². The molecular weight excluding hydrogens is 391 g/mol. The van der Waals surface area contributed by atoms with E-state index in [4.69, 9.17) is 16.7 Å². The average molecular weight is 403 g/mol. The van der Waals surface area contributed by atoms with Crippen LogP contribution in [0.15, 0.2) is 36.8 Å². The van der Waals surface area contributed by atoms with E-state index in [2.05, 4.69) is 20.2 Å². The molecule has 0 radical (unpaired) electrons. The van der Waals surface area contributed by atoms with Gasteiger partial charge in [0.05, 0.1) is 24.0 Å². The maximum absolute atomic E-state index is 14.2. The van der Waals surface area contributed by atoms with Gasteiger partial charge in [-0.1, -0.05) is 11.6 Å². The quantitative estimate of drug-likeness (QED) is 0.538. The first kappa shape index (κ1) is 17.9. The van der Waals surface area contributed by atoms with Crippen molar-refractivity contribution in [2.75, 3.05) is 0 Å². The van der Waals surface area contributed by atoms with Crippen LogP contribution >= 0.6 is 11.6 Å². The van der Waals surface area contributed by atoms with Crippen molar-refractivity contribution in [2.24, 2.45) is 0 Å². The van der Waals surface area contributed by atoms with Gasteiger partial charge in [0.25, 0.3) is 5.95 Å². The highest BCUT2D eigenvalue weighted by molar-refractivity contribution is 6.30. The molecule has 1 atom stereocenters. The van der Waals surface area contributed by atoms with Crippen molar-refractivity contribution < 1.29 is 19.4 Å². The van der Waals surface area contributed by atoms with E-state index in [1.165, 1.54) is 35.3 Å². The highest BCUT2D eigenvalue weighted by atomic mass is 35.5. The van der Waals surface area contributed by atoms with Crippen LogP contribution in [-0.2, 0) is 0 Å². The van der Waals surface area contributed by atoms with Crippen LogP contribution in [0, 0.1) is 5.82 Å². The number of hydrogen-bond donors (Lipinski definition) is 2. The molecule has 2 N–H and O–H groups in total. The van der Waals surface area contributed by atoms with Gasteiger partial charge in [-0.2, -0.15) is 15.2 Å². The minimum atomic E-state index is -1.15. The van der Waals surface area contributed by atoms with E-state index >= 15 is 0 Å². The summed E-state index contributed by atoms with van der Waals surface area (Å²) >= 11 is 5.96. The summed E-state index contributed by atoms with van der Waals surface area (Å²) in [6, 6.07) is 3.58. The molecule has 3 aromatic heterocycles. The van der Waals surface area contributed by atoms with Gasteiger partial charge in [0.1, 0.15) is 16.9 Å². The molecule has 0 spiro atoms. The van der Waals surface area contributed by atoms with Crippen LogP contribution in [0.1, 0.15) is 28.9 Å². The number of fused-ring (bicyclic) bond motifs is 1. The first-order valence-corrected chi connectivity index (χ1v) is 8.40. The lowest BCUT2D eigenvalue weighted by atomic mass is 10.1. The van der Waals surface area contributed by atoms with E-state index in [0.29, 0.717) is 10.6 Å². The molecular formula is C17H12ClFN6O3. The molecule has 142 valence electrons. The molecule has 28 heavy (non-hydrogen) atoms. The van der Waals surface area contributed by atoms with E-state index in [0.717, 1.165) is 10.9 Å². The molecule has 4 rings (SSSR count). The van der Waals surface area contributed by atoms with E-state index < -0.39 is 23.7 Å². The SMILES string of the molecule is C[C@@H](c1cc(Cl)ccc1F)n1ncc2nc(-n3cc(C(=O)O)cn3)nc(O)c21. The summed E-state index contributed by atoms with van der Waals surface area (Å²) in [6.45, 7) is 1.70. The van der Waals surface area contributed by atoms with Gasteiger partial charge in [-0.15, -0.1) is 0 Å². The summed E-state index contributed by atoms with van der Waals surface area (Å²) in [4.78, 5) is 19.2. The van der Waals surface area contributed by atoms with Gasteiger partial charge in [-0.05, 0) is 25.1 Å². The highest BCUT2D eigenvalue weighted by Gasteiger charge is 2.21. The summed E-state index contributed by atoms with van der Waals surface area (Å²) in [5.41, 5.74) is 0.716. The van der Waals surface area contributed by atoms with Crippen LogP contribution in [0.5, 0.6) is 5.88 Å². The van der Waals surface area contributed by atoms with Gasteiger partial charge in [0, 0.05) is 16.8 Å². The Morgan fingerprint density at radius 3 is 2.75 bits per heavy atom. The van der Waals surface area contributed by atoms with Crippen LogP contribution in [0.2, 0.25) is 5.02 Å². The maximum Gasteiger partial charge on any atom is 0.338 e. The minimum absolute atomic E-state index is 0.0290. The molecule has 1 aromatic carbocycles. The number of nitrogens with zero attached hydrogens (tertiary/aromatic N) is 6. The van der Waals surface area contributed by atoms with Gasteiger partial charge in [-0.3, -0.25) is 4.68 Å². The number of carbonyl (C=O) groups is 1. The fourth-order valence-corrected chi connectivity index (χ4v) is 3.02. The molecule has 0 bridgehead atoms. The van der Waals surface area contributed by atoms with Crippen molar-refractivity contribution >= 4 is 28.6 Å². The molecule has 0 unspecified atom stereocenters. The monoisotopic (exact) mass is 402 g/mol. The van der Waals surface area contributed by atoms with Crippen LogP contribution < -0.4 is 0 Å². The zero-order chi connectivity index (χ0) is 20.0. The minimum Gasteiger partial charge on any atom is -0.492 e. The van der Waals surface area contributed by atoms with Crippen molar-refractivity contribution in [3.63, 3.8) is 0 Å². The summed E-state index contributed by atoms with van der Waals surface area (Å²) in [5, 5.41) is 27.9. The number of halogens is 2. The topological polar surface area (TPSA) is 119 Å². The van der Waals surface area contributed by atoms with Gasteiger partial charge in [-0.25, -0.2) is 18.9 Å². The number of rotatable bonds is 4. The van der Waals surface area contributed by atoms with Crippen molar-refractivity contribution in [3.05, 3.63) is 58.8 Å². The molecule has 11 heteroatoms. The van der Waals surface area contributed by atoms with E-state index in [9.17, 15) is 14.3 Å². The smallest absolute Gasteiger partial charge is 0.338 e. The lowest BCUT2D eigenvalue weighted by molar-refractivity contribution is 0.0697. The Morgan fingerprint density at radius 1 is 1.25 bits per heavy atom. The normalized spacial score (nSPS) is 12.4. The molecule has 0 amide bonds. The summed E-state index contributed by atoms with van der Waals surface area (Å²) in [5.74, 6) is -2.05. The third-order valence-corrected chi connectivity index (χ3v) is 4.46. The number of hydrogen-bond acceptors (Lipinski definition) is 6. The number of aromatic hydroxyl groups is 1. The van der Waals surface area contributed by atoms with Crippen LogP contribution in [0.4, 0.5) is 4.39 Å². The standard InChI is InChI=1S/C17H12ClFN6O3/c1-8(11-4-10(18)2-3-12(11)19)25-14-13(6-21-25)22-17(23-15(14)26)24-7-9(5-20-24)16(27)28/h2-8H,1H3,(H,27,28)(H,22,23,26)/t8-/m0/s1. The second-order valence-corrected chi connectivity index (χ2v) is 6.43. The Morgan fingerprint density at radius 2 is 2.04 bits per heavy atom. The predicted octanol–water partition coefficient (Wildman–Crippen LogP) is 2.82. The van der Waals surface area contributed by atoms with Crippen molar-refractivity contribution in [3.8, 4) is 11.8 Å². The highest BCUT2D eigenvalue weighted by Crippen LogP contribution is 2.30. The number of aromatic nitrogens is 6. The number of benzene rings is 1. The average Bonchev–Trinajstić information content (AvgIpc) is 3.30. The largest absolute Gasteiger partial charge is 0.492 e. The molecule has 4 aromatic rings. The van der Waals surface area contributed by atoms with E-state index in [1.807, 2.05) is 0 Å². The zero-order valence-electron chi connectivity index (χ0n) is 14.3. The van der Waals surface area contributed by atoms with Crippen molar-refractivity contribution in [1.82, 2.24) is 29.5 Å². The summed E-state index contributed by atoms with van der Waals surface area (Å²) in [7, 11) is 0. The second kappa shape index (κ2) is 6.57. The zero-order valence-corrected chi connectivity index (χ0v) is 15.0. The maximum atomic E-state index is 14.2. The van der Waals surface area contributed by atoms with Gasteiger partial charge < -0.3 is 10.2 Å². The number of aromatic carboxylic acids is 1. The van der Waals surface area contributed by atoms with Crippen LogP contribution in [0.25, 0.3) is 17.0 Å². The van der Waals surface area contributed by atoms with Gasteiger partial charge in [0.2, 0.25) is 5.88 Å².